The lowest BCUT2D eigenvalue weighted by Gasteiger charge is -2.11. The lowest BCUT2D eigenvalue weighted by molar-refractivity contribution is 0.199. The highest BCUT2D eigenvalue weighted by Crippen LogP contribution is 2.25. The van der Waals surface area contributed by atoms with E-state index in [4.69, 9.17) is 4.74 Å². The molecule has 0 atom stereocenters. The Kier molecular flexibility index (Phi) is 8.10. The molecule has 2 nitrogen and oxygen atoms in total. The Morgan fingerprint density at radius 1 is 1.37 bits per heavy atom. The smallest absolute Gasteiger partial charge is 0.123 e. The summed E-state index contributed by atoms with van der Waals surface area (Å²) in [6.07, 6.45) is 1.18. The van der Waals surface area contributed by atoms with Crippen LogP contribution in [0.1, 0.15) is 25.8 Å². The molecule has 4 heteroatoms. The summed E-state index contributed by atoms with van der Waals surface area (Å²) in [5.41, 5.74) is 1.03. The van der Waals surface area contributed by atoms with Crippen LogP contribution in [0.5, 0.6) is 0 Å². The number of methoxy groups -OCH3 is 1. The molecule has 1 rings (SSSR count). The fraction of sp³-hybridized carbons (Fsp3) is 0.600. The van der Waals surface area contributed by atoms with E-state index >= 15 is 0 Å². The van der Waals surface area contributed by atoms with Gasteiger partial charge in [0.1, 0.15) is 5.82 Å². The first-order valence-corrected chi connectivity index (χ1v) is 7.73. The van der Waals surface area contributed by atoms with Crippen LogP contribution in [0.25, 0.3) is 0 Å². The van der Waals surface area contributed by atoms with Crippen molar-refractivity contribution in [2.24, 2.45) is 5.92 Å². The van der Waals surface area contributed by atoms with E-state index in [0.717, 1.165) is 17.9 Å². The average Bonchev–Trinajstić information content (AvgIpc) is 2.36. The van der Waals surface area contributed by atoms with Crippen LogP contribution in [0.2, 0.25) is 0 Å². The fourth-order valence-corrected chi connectivity index (χ4v) is 2.92. The predicted octanol–water partition coefficient (Wildman–Crippen LogP) is 3.70. The number of nitrogens with one attached hydrogen (secondary N) is 1. The standard InChI is InChI=1S/C15H24FNOS/c1-12(2)6-9-19-15-5-4-14(16)10-13(15)11-17-7-8-18-3/h4-5,10,12,17H,6-9,11H2,1-3H3. The number of hydrogen-bond acceptors (Lipinski definition) is 3. The largest absolute Gasteiger partial charge is 0.383 e. The van der Waals surface area contributed by atoms with Gasteiger partial charge in [-0.1, -0.05) is 13.8 Å². The molecule has 0 saturated heterocycles. The van der Waals surface area contributed by atoms with E-state index in [1.165, 1.54) is 17.4 Å². The Labute approximate surface area is 120 Å². The van der Waals surface area contributed by atoms with Crippen molar-refractivity contribution in [2.75, 3.05) is 26.0 Å². The molecule has 19 heavy (non-hydrogen) atoms. The zero-order chi connectivity index (χ0) is 14.1. The molecule has 0 unspecified atom stereocenters. The normalized spacial score (nSPS) is 11.2. The van der Waals surface area contributed by atoms with Crippen molar-refractivity contribution in [1.82, 2.24) is 5.32 Å². The molecule has 0 heterocycles. The highest BCUT2D eigenvalue weighted by atomic mass is 32.2. The number of rotatable bonds is 9. The number of hydrogen-bond donors (Lipinski definition) is 1. The summed E-state index contributed by atoms with van der Waals surface area (Å²) in [6.45, 7) is 6.58. The molecular formula is C15H24FNOS. The van der Waals surface area contributed by atoms with Gasteiger partial charge >= 0.3 is 0 Å². The molecule has 0 bridgehead atoms. The summed E-state index contributed by atoms with van der Waals surface area (Å²) < 4.78 is 18.3. The van der Waals surface area contributed by atoms with Gasteiger partial charge in [-0.15, -0.1) is 11.8 Å². The molecular weight excluding hydrogens is 261 g/mol. The molecule has 108 valence electrons. The molecule has 0 fully saturated rings. The minimum atomic E-state index is -0.170. The molecule has 0 aliphatic carbocycles. The van der Waals surface area contributed by atoms with Gasteiger partial charge in [0.15, 0.2) is 0 Å². The highest BCUT2D eigenvalue weighted by molar-refractivity contribution is 7.99. The van der Waals surface area contributed by atoms with Crippen LogP contribution in [0, 0.1) is 11.7 Å². The van der Waals surface area contributed by atoms with Gasteiger partial charge in [-0.3, -0.25) is 0 Å². The van der Waals surface area contributed by atoms with Gasteiger partial charge in [-0.05, 0) is 41.9 Å². The zero-order valence-electron chi connectivity index (χ0n) is 12.0. The summed E-state index contributed by atoms with van der Waals surface area (Å²) >= 11 is 1.81. The van der Waals surface area contributed by atoms with Gasteiger partial charge in [0, 0.05) is 25.1 Å². The van der Waals surface area contributed by atoms with E-state index in [0.29, 0.717) is 19.1 Å². The van der Waals surface area contributed by atoms with E-state index in [9.17, 15) is 4.39 Å². The molecule has 0 saturated carbocycles. The van der Waals surface area contributed by atoms with Crippen LogP contribution in [-0.2, 0) is 11.3 Å². The Morgan fingerprint density at radius 2 is 2.16 bits per heavy atom. The minimum absolute atomic E-state index is 0.170. The maximum absolute atomic E-state index is 13.3. The van der Waals surface area contributed by atoms with E-state index in [2.05, 4.69) is 19.2 Å². The van der Waals surface area contributed by atoms with E-state index in [1.54, 1.807) is 13.2 Å². The average molecular weight is 285 g/mol. The third-order valence-electron chi connectivity index (χ3n) is 2.77. The summed E-state index contributed by atoms with van der Waals surface area (Å²) in [7, 11) is 1.68. The predicted molar refractivity (Wildman–Crippen MR) is 80.2 cm³/mol. The summed E-state index contributed by atoms with van der Waals surface area (Å²) in [6, 6.07) is 5.04. The maximum Gasteiger partial charge on any atom is 0.123 e. The van der Waals surface area contributed by atoms with Crippen molar-refractivity contribution in [1.29, 1.82) is 0 Å². The second-order valence-corrected chi connectivity index (χ2v) is 6.09. The third-order valence-corrected chi connectivity index (χ3v) is 3.92. The lowest BCUT2D eigenvalue weighted by atomic mass is 10.2. The second-order valence-electron chi connectivity index (χ2n) is 4.95. The summed E-state index contributed by atoms with van der Waals surface area (Å²) in [5.74, 6) is 1.61. The Morgan fingerprint density at radius 3 is 2.84 bits per heavy atom. The van der Waals surface area contributed by atoms with Crippen molar-refractivity contribution < 1.29 is 9.13 Å². The minimum Gasteiger partial charge on any atom is -0.383 e. The zero-order valence-corrected chi connectivity index (χ0v) is 12.9. The highest BCUT2D eigenvalue weighted by Gasteiger charge is 2.05. The Bertz CT molecular complexity index is 371. The molecule has 1 aromatic rings. The summed E-state index contributed by atoms with van der Waals surface area (Å²) in [4.78, 5) is 1.17. The SMILES string of the molecule is COCCNCc1cc(F)ccc1SCCC(C)C. The fourth-order valence-electron chi connectivity index (χ4n) is 1.63. The van der Waals surface area contributed by atoms with Crippen LogP contribution in [-0.4, -0.2) is 26.0 Å². The molecule has 0 spiro atoms. The first kappa shape index (κ1) is 16.5. The van der Waals surface area contributed by atoms with Gasteiger partial charge in [-0.25, -0.2) is 4.39 Å². The van der Waals surface area contributed by atoms with E-state index in [1.807, 2.05) is 17.8 Å². The van der Waals surface area contributed by atoms with Gasteiger partial charge in [0.2, 0.25) is 0 Å². The number of benzene rings is 1. The molecule has 1 N–H and O–H groups in total. The third kappa shape index (κ3) is 6.95. The Hall–Kier alpha value is -0.580. The van der Waals surface area contributed by atoms with Gasteiger partial charge < -0.3 is 10.1 Å². The van der Waals surface area contributed by atoms with Gasteiger partial charge in [-0.2, -0.15) is 0 Å². The first-order chi connectivity index (χ1) is 9.13. The van der Waals surface area contributed by atoms with E-state index in [-0.39, 0.29) is 5.82 Å². The van der Waals surface area contributed by atoms with Crippen molar-refractivity contribution >= 4 is 11.8 Å². The van der Waals surface area contributed by atoms with E-state index < -0.39 is 0 Å². The maximum atomic E-state index is 13.3. The number of ether oxygens (including phenoxy) is 1. The molecule has 0 aliphatic rings. The van der Waals surface area contributed by atoms with Crippen LogP contribution in [0.3, 0.4) is 0 Å². The van der Waals surface area contributed by atoms with Gasteiger partial charge in [0.25, 0.3) is 0 Å². The number of thioether (sulfide) groups is 1. The van der Waals surface area contributed by atoms with Crippen molar-refractivity contribution in [3.63, 3.8) is 0 Å². The van der Waals surface area contributed by atoms with Crippen LogP contribution >= 0.6 is 11.8 Å². The Balaban J connectivity index is 2.53. The summed E-state index contributed by atoms with van der Waals surface area (Å²) in [5, 5.41) is 3.26. The molecule has 0 amide bonds. The topological polar surface area (TPSA) is 21.3 Å². The first-order valence-electron chi connectivity index (χ1n) is 6.74. The monoisotopic (exact) mass is 285 g/mol. The van der Waals surface area contributed by atoms with Crippen LogP contribution in [0.15, 0.2) is 23.1 Å². The van der Waals surface area contributed by atoms with Crippen molar-refractivity contribution in [3.8, 4) is 0 Å². The molecule has 1 aromatic carbocycles. The van der Waals surface area contributed by atoms with Crippen molar-refractivity contribution in [3.05, 3.63) is 29.6 Å². The second kappa shape index (κ2) is 9.34. The molecule has 0 aromatic heterocycles. The molecule has 0 aliphatic heterocycles. The van der Waals surface area contributed by atoms with Crippen molar-refractivity contribution in [2.45, 2.75) is 31.7 Å². The lowest BCUT2D eigenvalue weighted by Crippen LogP contribution is -2.19. The van der Waals surface area contributed by atoms with Gasteiger partial charge in [0.05, 0.1) is 6.61 Å². The van der Waals surface area contributed by atoms with Crippen LogP contribution in [0.4, 0.5) is 4.39 Å². The number of halogens is 1. The molecule has 0 radical (unpaired) electrons. The van der Waals surface area contributed by atoms with Crippen LogP contribution < -0.4 is 5.32 Å². The quantitative estimate of drug-likeness (QED) is 0.552.